The summed E-state index contributed by atoms with van der Waals surface area (Å²) in [4.78, 5) is 2.48. The van der Waals surface area contributed by atoms with Crippen LogP contribution in [0, 0.1) is 6.92 Å². The molecule has 1 aliphatic heterocycles. The van der Waals surface area contributed by atoms with Crippen LogP contribution in [0.25, 0.3) is 6.08 Å². The number of aromatic nitrogens is 2. The van der Waals surface area contributed by atoms with Gasteiger partial charge in [0, 0.05) is 43.5 Å². The molecule has 1 unspecified atom stereocenters. The molecule has 1 aromatic heterocycles. The van der Waals surface area contributed by atoms with E-state index in [1.807, 2.05) is 13.0 Å². The molecule has 0 saturated carbocycles. The molecule has 2 rings (SSSR count). The molecule has 1 saturated heterocycles. The summed E-state index contributed by atoms with van der Waals surface area (Å²) in [6.07, 6.45) is 4.16. The number of aromatic amines is 1. The monoisotopic (exact) mass is 260 g/mol. The molecule has 1 aromatic rings. The molecule has 104 valence electrons. The van der Waals surface area contributed by atoms with E-state index < -0.39 is 0 Å². The molecule has 19 heavy (non-hydrogen) atoms. The van der Waals surface area contributed by atoms with Crippen molar-refractivity contribution in [2.75, 3.05) is 19.6 Å². The maximum atomic E-state index is 4.45. The molecule has 0 aliphatic carbocycles. The molecule has 2 N–H and O–H groups in total. The molecular formula is C15H24N4. The molecule has 0 radical (unpaired) electrons. The SMILES string of the molecule is C=C(C)C=Cc1c(CN2CCNCC2C)n[nH]c1C. The normalized spacial score (nSPS) is 21.1. The van der Waals surface area contributed by atoms with Gasteiger partial charge in [-0.15, -0.1) is 0 Å². The Morgan fingerprint density at radius 2 is 2.37 bits per heavy atom. The first-order valence-electron chi connectivity index (χ1n) is 6.90. The fourth-order valence-corrected chi connectivity index (χ4v) is 2.37. The fraction of sp³-hybridized carbons (Fsp3) is 0.533. The van der Waals surface area contributed by atoms with Gasteiger partial charge in [-0.3, -0.25) is 10.00 Å². The van der Waals surface area contributed by atoms with Crippen molar-refractivity contribution >= 4 is 6.08 Å². The molecule has 0 bridgehead atoms. The van der Waals surface area contributed by atoms with Crippen LogP contribution >= 0.6 is 0 Å². The van der Waals surface area contributed by atoms with Gasteiger partial charge in [-0.2, -0.15) is 5.10 Å². The molecule has 1 atom stereocenters. The molecular weight excluding hydrogens is 236 g/mol. The highest BCUT2D eigenvalue weighted by Gasteiger charge is 2.20. The van der Waals surface area contributed by atoms with Crippen LogP contribution in [0.5, 0.6) is 0 Å². The Bertz CT molecular complexity index is 472. The van der Waals surface area contributed by atoms with E-state index in [2.05, 4.69) is 46.9 Å². The Kier molecular flexibility index (Phi) is 4.56. The van der Waals surface area contributed by atoms with E-state index in [1.165, 1.54) is 5.56 Å². The highest BCUT2D eigenvalue weighted by atomic mass is 15.2. The number of nitrogens with one attached hydrogen (secondary N) is 2. The number of hydrogen-bond donors (Lipinski definition) is 2. The van der Waals surface area contributed by atoms with Crippen LogP contribution in [0.3, 0.4) is 0 Å². The molecule has 0 spiro atoms. The second-order valence-corrected chi connectivity index (χ2v) is 5.41. The highest BCUT2D eigenvalue weighted by Crippen LogP contribution is 2.17. The lowest BCUT2D eigenvalue weighted by molar-refractivity contribution is 0.163. The van der Waals surface area contributed by atoms with Crippen molar-refractivity contribution in [2.24, 2.45) is 0 Å². The topological polar surface area (TPSA) is 44.0 Å². The van der Waals surface area contributed by atoms with Crippen molar-refractivity contribution in [3.8, 4) is 0 Å². The predicted octanol–water partition coefficient (Wildman–Crippen LogP) is 2.10. The van der Waals surface area contributed by atoms with Gasteiger partial charge in [-0.25, -0.2) is 0 Å². The van der Waals surface area contributed by atoms with Crippen molar-refractivity contribution in [3.63, 3.8) is 0 Å². The lowest BCUT2D eigenvalue weighted by atomic mass is 10.1. The first-order chi connectivity index (χ1) is 9.08. The third-order valence-electron chi connectivity index (χ3n) is 3.60. The smallest absolute Gasteiger partial charge is 0.0837 e. The van der Waals surface area contributed by atoms with Crippen LogP contribution < -0.4 is 5.32 Å². The van der Waals surface area contributed by atoms with Crippen molar-refractivity contribution in [1.82, 2.24) is 20.4 Å². The van der Waals surface area contributed by atoms with Crippen LogP contribution in [0.15, 0.2) is 18.2 Å². The Morgan fingerprint density at radius 3 is 3.05 bits per heavy atom. The zero-order chi connectivity index (χ0) is 13.8. The number of aryl methyl sites for hydroxylation is 1. The number of H-pyrrole nitrogens is 1. The zero-order valence-electron chi connectivity index (χ0n) is 12.2. The van der Waals surface area contributed by atoms with Gasteiger partial charge in [0.15, 0.2) is 0 Å². The van der Waals surface area contributed by atoms with Crippen molar-refractivity contribution in [1.29, 1.82) is 0 Å². The van der Waals surface area contributed by atoms with E-state index >= 15 is 0 Å². The van der Waals surface area contributed by atoms with Crippen LogP contribution in [-0.2, 0) is 6.54 Å². The van der Waals surface area contributed by atoms with Crippen LogP contribution in [0.1, 0.15) is 30.8 Å². The summed E-state index contributed by atoms with van der Waals surface area (Å²) in [7, 11) is 0. The number of allylic oxidation sites excluding steroid dienone is 2. The third kappa shape index (κ3) is 3.55. The van der Waals surface area contributed by atoms with Gasteiger partial charge in [0.1, 0.15) is 0 Å². The Labute approximate surface area is 115 Å². The summed E-state index contributed by atoms with van der Waals surface area (Å²) in [5, 5.41) is 11.0. The summed E-state index contributed by atoms with van der Waals surface area (Å²) in [6.45, 7) is 14.3. The molecule has 4 heteroatoms. The summed E-state index contributed by atoms with van der Waals surface area (Å²) in [5.74, 6) is 0. The Balaban J connectivity index is 2.13. The van der Waals surface area contributed by atoms with Gasteiger partial charge in [-0.05, 0) is 20.8 Å². The van der Waals surface area contributed by atoms with Crippen molar-refractivity contribution in [3.05, 3.63) is 35.2 Å². The molecule has 0 amide bonds. The average molecular weight is 260 g/mol. The number of nitrogens with zero attached hydrogens (tertiary/aromatic N) is 2. The van der Waals surface area contributed by atoms with Crippen LogP contribution in [-0.4, -0.2) is 40.8 Å². The van der Waals surface area contributed by atoms with Gasteiger partial charge >= 0.3 is 0 Å². The minimum atomic E-state index is 0.559. The lowest BCUT2D eigenvalue weighted by Gasteiger charge is -2.33. The van der Waals surface area contributed by atoms with E-state index in [9.17, 15) is 0 Å². The van der Waals surface area contributed by atoms with Crippen LogP contribution in [0.4, 0.5) is 0 Å². The third-order valence-corrected chi connectivity index (χ3v) is 3.60. The second kappa shape index (κ2) is 6.17. The van der Waals surface area contributed by atoms with Gasteiger partial charge in [0.05, 0.1) is 5.69 Å². The van der Waals surface area contributed by atoms with Gasteiger partial charge in [0.25, 0.3) is 0 Å². The standard InChI is InChI=1S/C15H24N4/c1-11(2)5-6-14-13(4)17-18-15(14)10-19-8-7-16-9-12(19)3/h5-6,12,16H,1,7-10H2,2-4H3,(H,17,18). The second-order valence-electron chi connectivity index (χ2n) is 5.41. The quantitative estimate of drug-likeness (QED) is 0.815. The van der Waals surface area contributed by atoms with E-state index in [1.54, 1.807) is 0 Å². The van der Waals surface area contributed by atoms with Crippen molar-refractivity contribution in [2.45, 2.75) is 33.4 Å². The maximum absolute atomic E-state index is 4.45. The fourth-order valence-electron chi connectivity index (χ4n) is 2.37. The minimum absolute atomic E-state index is 0.559. The van der Waals surface area contributed by atoms with E-state index in [4.69, 9.17) is 0 Å². The predicted molar refractivity (Wildman–Crippen MR) is 79.9 cm³/mol. The highest BCUT2D eigenvalue weighted by molar-refractivity contribution is 5.56. The Morgan fingerprint density at radius 1 is 1.58 bits per heavy atom. The number of rotatable bonds is 4. The summed E-state index contributed by atoms with van der Waals surface area (Å²) < 4.78 is 0. The zero-order valence-corrected chi connectivity index (χ0v) is 12.2. The van der Waals surface area contributed by atoms with E-state index in [0.717, 1.165) is 43.1 Å². The Hall–Kier alpha value is -1.39. The van der Waals surface area contributed by atoms with Crippen LogP contribution in [0.2, 0.25) is 0 Å². The minimum Gasteiger partial charge on any atom is -0.314 e. The molecule has 4 nitrogen and oxygen atoms in total. The molecule has 2 heterocycles. The van der Waals surface area contributed by atoms with Gasteiger partial charge in [-0.1, -0.05) is 24.3 Å². The molecule has 0 aromatic carbocycles. The largest absolute Gasteiger partial charge is 0.314 e. The number of hydrogen-bond acceptors (Lipinski definition) is 3. The summed E-state index contributed by atoms with van der Waals surface area (Å²) in [5.41, 5.74) is 4.51. The molecule has 1 aliphatic rings. The summed E-state index contributed by atoms with van der Waals surface area (Å²) in [6, 6.07) is 0.559. The van der Waals surface area contributed by atoms with Gasteiger partial charge < -0.3 is 5.32 Å². The first kappa shape index (κ1) is 14.0. The number of piperazine rings is 1. The average Bonchev–Trinajstić information content (AvgIpc) is 2.71. The van der Waals surface area contributed by atoms with Crippen molar-refractivity contribution < 1.29 is 0 Å². The first-order valence-corrected chi connectivity index (χ1v) is 6.90. The lowest BCUT2D eigenvalue weighted by Crippen LogP contribution is -2.49. The maximum Gasteiger partial charge on any atom is 0.0837 e. The molecule has 1 fully saturated rings. The van der Waals surface area contributed by atoms with E-state index in [-0.39, 0.29) is 0 Å². The van der Waals surface area contributed by atoms with Gasteiger partial charge in [0.2, 0.25) is 0 Å². The summed E-state index contributed by atoms with van der Waals surface area (Å²) >= 11 is 0. The van der Waals surface area contributed by atoms with E-state index in [0.29, 0.717) is 6.04 Å².